The highest BCUT2D eigenvalue weighted by Crippen LogP contribution is 2.18. The van der Waals surface area contributed by atoms with E-state index in [0.29, 0.717) is 12.0 Å². The van der Waals surface area contributed by atoms with Crippen molar-refractivity contribution in [2.75, 3.05) is 0 Å². The van der Waals surface area contributed by atoms with Crippen molar-refractivity contribution in [3.05, 3.63) is 29.6 Å². The van der Waals surface area contributed by atoms with Gasteiger partial charge in [-0.2, -0.15) is 0 Å². The molecule has 5 nitrogen and oxygen atoms in total. The summed E-state index contributed by atoms with van der Waals surface area (Å²) in [4.78, 5) is 22.4. The van der Waals surface area contributed by atoms with Gasteiger partial charge in [0.25, 0.3) is 0 Å². The van der Waals surface area contributed by atoms with Crippen molar-refractivity contribution in [2.45, 2.75) is 25.4 Å². The minimum atomic E-state index is -0.495. The number of imide groups is 1. The summed E-state index contributed by atoms with van der Waals surface area (Å²) in [5.74, 6) is -1.15. The summed E-state index contributed by atoms with van der Waals surface area (Å²) in [5, 5.41) is 14.6. The van der Waals surface area contributed by atoms with E-state index in [4.69, 9.17) is 0 Å². The Morgan fingerprint density at radius 3 is 2.94 bits per heavy atom. The fourth-order valence-corrected chi connectivity index (χ4v) is 1.82. The maximum Gasteiger partial charge on any atom is 0.243 e. The van der Waals surface area contributed by atoms with E-state index in [1.807, 2.05) is 0 Å². The number of halogens is 1. The predicted molar refractivity (Wildman–Crippen MR) is 61.1 cm³/mol. The van der Waals surface area contributed by atoms with E-state index in [9.17, 15) is 19.1 Å². The van der Waals surface area contributed by atoms with Gasteiger partial charge in [0.1, 0.15) is 11.6 Å². The zero-order chi connectivity index (χ0) is 13.1. The smallest absolute Gasteiger partial charge is 0.243 e. The summed E-state index contributed by atoms with van der Waals surface area (Å²) in [6.07, 6.45) is 0.680. The largest absolute Gasteiger partial charge is 0.508 e. The summed E-state index contributed by atoms with van der Waals surface area (Å²) in [6, 6.07) is 3.13. The molecule has 0 radical (unpaired) electrons. The van der Waals surface area contributed by atoms with Gasteiger partial charge in [0.2, 0.25) is 11.8 Å². The second kappa shape index (κ2) is 5.14. The van der Waals surface area contributed by atoms with Gasteiger partial charge in [-0.1, -0.05) is 0 Å². The van der Waals surface area contributed by atoms with Crippen molar-refractivity contribution >= 4 is 11.8 Å². The molecule has 0 aromatic heterocycles. The molecular formula is C12H13FN2O3. The summed E-state index contributed by atoms with van der Waals surface area (Å²) in [5.41, 5.74) is 0.375. The fourth-order valence-electron chi connectivity index (χ4n) is 1.82. The number of rotatable bonds is 3. The van der Waals surface area contributed by atoms with E-state index in [1.54, 1.807) is 0 Å². The second-order valence-electron chi connectivity index (χ2n) is 4.16. The molecule has 0 bridgehead atoms. The van der Waals surface area contributed by atoms with E-state index >= 15 is 0 Å². The predicted octanol–water partition coefficient (Wildman–Crippen LogP) is 0.426. The molecule has 1 aliphatic rings. The molecule has 1 aliphatic heterocycles. The molecule has 1 unspecified atom stereocenters. The van der Waals surface area contributed by atoms with Crippen LogP contribution in [0.2, 0.25) is 0 Å². The number of carbonyl (C=O) groups is 2. The van der Waals surface area contributed by atoms with Gasteiger partial charge in [-0.05, 0) is 24.6 Å². The first kappa shape index (κ1) is 12.5. The van der Waals surface area contributed by atoms with E-state index < -0.39 is 11.9 Å². The van der Waals surface area contributed by atoms with Gasteiger partial charge in [0.05, 0.1) is 6.04 Å². The first-order valence-electron chi connectivity index (χ1n) is 5.61. The molecule has 1 saturated heterocycles. The van der Waals surface area contributed by atoms with Crippen LogP contribution in [-0.2, 0) is 16.1 Å². The topological polar surface area (TPSA) is 78.4 Å². The lowest BCUT2D eigenvalue weighted by molar-refractivity contribution is -0.134. The third-order valence-corrected chi connectivity index (χ3v) is 2.82. The molecule has 18 heavy (non-hydrogen) atoms. The number of carbonyl (C=O) groups excluding carboxylic acids is 2. The number of piperidine rings is 1. The number of amides is 2. The Kier molecular flexibility index (Phi) is 3.57. The number of phenols is 1. The third-order valence-electron chi connectivity index (χ3n) is 2.82. The van der Waals surface area contributed by atoms with Gasteiger partial charge in [-0.15, -0.1) is 0 Å². The van der Waals surface area contributed by atoms with Crippen LogP contribution in [0.4, 0.5) is 4.39 Å². The zero-order valence-corrected chi connectivity index (χ0v) is 9.57. The third kappa shape index (κ3) is 2.84. The lowest BCUT2D eigenvalue weighted by atomic mass is 10.1. The van der Waals surface area contributed by atoms with Gasteiger partial charge >= 0.3 is 0 Å². The van der Waals surface area contributed by atoms with Crippen LogP contribution in [0.1, 0.15) is 18.4 Å². The fraction of sp³-hybridized carbons (Fsp3) is 0.333. The monoisotopic (exact) mass is 252 g/mol. The van der Waals surface area contributed by atoms with Crippen LogP contribution in [-0.4, -0.2) is 23.0 Å². The Morgan fingerprint density at radius 2 is 2.22 bits per heavy atom. The van der Waals surface area contributed by atoms with Gasteiger partial charge < -0.3 is 10.4 Å². The highest BCUT2D eigenvalue weighted by Gasteiger charge is 2.25. The summed E-state index contributed by atoms with van der Waals surface area (Å²) < 4.78 is 13.0. The van der Waals surface area contributed by atoms with Crippen LogP contribution in [0.25, 0.3) is 0 Å². The molecule has 0 saturated carbocycles. The first-order chi connectivity index (χ1) is 8.56. The average molecular weight is 252 g/mol. The zero-order valence-electron chi connectivity index (χ0n) is 9.57. The Labute approximate surface area is 103 Å². The van der Waals surface area contributed by atoms with E-state index in [1.165, 1.54) is 12.1 Å². The van der Waals surface area contributed by atoms with Gasteiger partial charge in [-0.25, -0.2) is 4.39 Å². The number of aromatic hydroxyl groups is 1. The quantitative estimate of drug-likeness (QED) is 0.681. The Balaban J connectivity index is 1.97. The van der Waals surface area contributed by atoms with Crippen molar-refractivity contribution in [1.82, 2.24) is 10.6 Å². The maximum absolute atomic E-state index is 13.0. The average Bonchev–Trinajstić information content (AvgIpc) is 2.32. The molecule has 96 valence electrons. The molecule has 1 aromatic rings. The highest BCUT2D eigenvalue weighted by atomic mass is 19.1. The van der Waals surface area contributed by atoms with Crippen LogP contribution in [0.3, 0.4) is 0 Å². The van der Waals surface area contributed by atoms with E-state index in [-0.39, 0.29) is 30.5 Å². The number of hydrogen-bond acceptors (Lipinski definition) is 4. The molecule has 1 atom stereocenters. The van der Waals surface area contributed by atoms with Gasteiger partial charge in [0, 0.05) is 18.5 Å². The molecule has 3 N–H and O–H groups in total. The van der Waals surface area contributed by atoms with Crippen molar-refractivity contribution in [2.24, 2.45) is 0 Å². The molecule has 6 heteroatoms. The van der Waals surface area contributed by atoms with Crippen molar-refractivity contribution in [3.8, 4) is 5.75 Å². The van der Waals surface area contributed by atoms with Crippen LogP contribution in [0.15, 0.2) is 18.2 Å². The Bertz CT molecular complexity index is 490. The first-order valence-corrected chi connectivity index (χ1v) is 5.61. The minimum Gasteiger partial charge on any atom is -0.508 e. The molecule has 2 rings (SSSR count). The van der Waals surface area contributed by atoms with Crippen LogP contribution >= 0.6 is 0 Å². The van der Waals surface area contributed by atoms with Gasteiger partial charge in [-0.3, -0.25) is 14.9 Å². The lowest BCUT2D eigenvalue weighted by Gasteiger charge is -2.22. The van der Waals surface area contributed by atoms with Crippen molar-refractivity contribution in [3.63, 3.8) is 0 Å². The van der Waals surface area contributed by atoms with Crippen molar-refractivity contribution < 1.29 is 19.1 Å². The Hall–Kier alpha value is -1.95. The number of nitrogens with one attached hydrogen (secondary N) is 2. The molecule has 1 aromatic carbocycles. The minimum absolute atomic E-state index is 0.0313. The van der Waals surface area contributed by atoms with E-state index in [0.717, 1.165) is 6.07 Å². The number of hydrogen-bond donors (Lipinski definition) is 3. The normalized spacial score (nSPS) is 19.7. The van der Waals surface area contributed by atoms with Crippen LogP contribution in [0, 0.1) is 5.82 Å². The maximum atomic E-state index is 13.0. The van der Waals surface area contributed by atoms with Crippen LogP contribution < -0.4 is 10.6 Å². The number of phenolic OH excluding ortho intramolecular Hbond substituents is 1. The molecule has 2 amide bonds. The molecule has 1 heterocycles. The molecule has 0 spiro atoms. The summed E-state index contributed by atoms with van der Waals surface area (Å²) in [7, 11) is 0. The second-order valence-corrected chi connectivity index (χ2v) is 4.16. The van der Waals surface area contributed by atoms with Gasteiger partial charge in [0.15, 0.2) is 0 Å². The summed E-state index contributed by atoms with van der Waals surface area (Å²) >= 11 is 0. The van der Waals surface area contributed by atoms with E-state index in [2.05, 4.69) is 10.6 Å². The lowest BCUT2D eigenvalue weighted by Crippen LogP contribution is -2.50. The number of benzene rings is 1. The molecule has 0 aliphatic carbocycles. The van der Waals surface area contributed by atoms with Crippen molar-refractivity contribution in [1.29, 1.82) is 0 Å². The SMILES string of the molecule is O=C1CCC(NCc2cc(F)ccc2O)C(=O)N1. The standard InChI is InChI=1S/C12H13FN2O3/c13-8-1-3-10(16)7(5-8)6-14-9-2-4-11(17)15-12(9)18/h1,3,5,9,14,16H,2,4,6H2,(H,15,17,18). The Morgan fingerprint density at radius 1 is 1.44 bits per heavy atom. The molecular weight excluding hydrogens is 239 g/mol. The van der Waals surface area contributed by atoms with Crippen LogP contribution in [0.5, 0.6) is 5.75 Å². The molecule has 1 fully saturated rings. The summed E-state index contributed by atoms with van der Waals surface area (Å²) in [6.45, 7) is 0.163. The highest BCUT2D eigenvalue weighted by molar-refractivity contribution is 6.00.